The smallest absolute Gasteiger partial charge is 0.335 e. The molecule has 1 aromatic carbocycles. The molecule has 0 bridgehead atoms. The molecule has 6 nitrogen and oxygen atoms in total. The van der Waals surface area contributed by atoms with Gasteiger partial charge >= 0.3 is 5.97 Å². The van der Waals surface area contributed by atoms with Crippen LogP contribution in [0.25, 0.3) is 5.52 Å². The lowest BCUT2D eigenvalue weighted by Crippen LogP contribution is -2.07. The largest absolute Gasteiger partial charge is 0.494 e. The van der Waals surface area contributed by atoms with Gasteiger partial charge in [-0.05, 0) is 43.3 Å². The molecule has 3 rings (SSSR count). The van der Waals surface area contributed by atoms with Gasteiger partial charge < -0.3 is 14.2 Å². The zero-order chi connectivity index (χ0) is 17.5. The van der Waals surface area contributed by atoms with E-state index in [1.165, 1.54) is 31.4 Å². The van der Waals surface area contributed by atoms with Crippen molar-refractivity contribution in [2.24, 2.45) is 0 Å². The van der Waals surface area contributed by atoms with E-state index >= 15 is 0 Å². The molecule has 2 aromatic heterocycles. The average Bonchev–Trinajstić information content (AvgIpc) is 2.86. The van der Waals surface area contributed by atoms with Crippen molar-refractivity contribution in [1.29, 1.82) is 0 Å². The van der Waals surface area contributed by atoms with E-state index in [0.29, 0.717) is 16.8 Å². The number of carboxylic acid groups (broad SMARTS) is 1. The predicted molar refractivity (Wildman–Crippen MR) is 87.5 cm³/mol. The van der Waals surface area contributed by atoms with E-state index in [4.69, 9.17) is 9.84 Å². The summed E-state index contributed by atoms with van der Waals surface area (Å²) in [5.41, 5.74) is 1.19. The fraction of sp³-hybridized carbons (Fsp3) is 0.118. The molecule has 0 atom stereocenters. The van der Waals surface area contributed by atoms with Gasteiger partial charge in [0.1, 0.15) is 5.75 Å². The van der Waals surface area contributed by atoms with Gasteiger partial charge in [0, 0.05) is 11.8 Å². The minimum Gasteiger partial charge on any atom is -0.494 e. The van der Waals surface area contributed by atoms with Gasteiger partial charge in [0.25, 0.3) is 0 Å². The van der Waals surface area contributed by atoms with E-state index < -0.39 is 15.8 Å². The maximum atomic E-state index is 13.1. The van der Waals surface area contributed by atoms with Gasteiger partial charge in [0.05, 0.1) is 23.1 Å². The van der Waals surface area contributed by atoms with Crippen molar-refractivity contribution >= 4 is 21.3 Å². The van der Waals surface area contributed by atoms with Gasteiger partial charge in [-0.25, -0.2) is 13.2 Å². The third-order valence-electron chi connectivity index (χ3n) is 3.84. The molecular weight excluding hydrogens is 330 g/mol. The Bertz CT molecular complexity index is 1030. The first kappa shape index (κ1) is 16.1. The quantitative estimate of drug-likeness (QED) is 0.786. The van der Waals surface area contributed by atoms with Gasteiger partial charge in [-0.3, -0.25) is 0 Å². The highest BCUT2D eigenvalue weighted by Crippen LogP contribution is 2.35. The lowest BCUT2D eigenvalue weighted by Gasteiger charge is -2.07. The summed E-state index contributed by atoms with van der Waals surface area (Å²) in [5, 5.41) is 9.06. The topological polar surface area (TPSA) is 85.1 Å². The van der Waals surface area contributed by atoms with Crippen molar-refractivity contribution in [3.63, 3.8) is 0 Å². The lowest BCUT2D eigenvalue weighted by molar-refractivity contribution is 0.0696. The monoisotopic (exact) mass is 345 g/mol. The molecule has 0 aliphatic carbocycles. The third kappa shape index (κ3) is 2.33. The van der Waals surface area contributed by atoms with Crippen molar-refractivity contribution in [1.82, 2.24) is 4.40 Å². The predicted octanol–water partition coefficient (Wildman–Crippen LogP) is 2.79. The number of hydrogen-bond acceptors (Lipinski definition) is 4. The van der Waals surface area contributed by atoms with Crippen LogP contribution in [0, 0.1) is 6.92 Å². The van der Waals surface area contributed by atoms with Crippen LogP contribution in [-0.2, 0) is 9.84 Å². The second kappa shape index (κ2) is 5.68. The van der Waals surface area contributed by atoms with Crippen molar-refractivity contribution in [3.8, 4) is 5.75 Å². The van der Waals surface area contributed by atoms with Crippen LogP contribution < -0.4 is 4.74 Å². The minimum absolute atomic E-state index is 0.0292. The number of benzene rings is 1. The Morgan fingerprint density at radius 2 is 1.79 bits per heavy atom. The van der Waals surface area contributed by atoms with E-state index in [0.717, 1.165) is 0 Å². The molecule has 7 heteroatoms. The SMILES string of the molecule is COc1c(C)c(S(=O)(=O)c2ccc(C(=O)O)cc2)n2ccccc12. The number of pyridine rings is 1. The Morgan fingerprint density at radius 3 is 2.38 bits per heavy atom. The zero-order valence-corrected chi connectivity index (χ0v) is 13.9. The summed E-state index contributed by atoms with van der Waals surface area (Å²) in [6.07, 6.45) is 1.66. The molecule has 0 radical (unpaired) electrons. The van der Waals surface area contributed by atoms with Crippen LogP contribution in [0.1, 0.15) is 15.9 Å². The molecule has 0 aliphatic heterocycles. The molecule has 0 amide bonds. The summed E-state index contributed by atoms with van der Waals surface area (Å²) in [6, 6.07) is 10.5. The second-order valence-corrected chi connectivity index (χ2v) is 7.12. The van der Waals surface area contributed by atoms with Gasteiger partial charge in [-0.1, -0.05) is 6.07 Å². The summed E-state index contributed by atoms with van der Waals surface area (Å²) < 4.78 is 33.0. The van der Waals surface area contributed by atoms with Gasteiger partial charge in [-0.15, -0.1) is 0 Å². The first-order valence-electron chi connectivity index (χ1n) is 7.10. The standard InChI is InChI=1S/C17H15NO5S/c1-11-15(23-2)14-5-3-4-10-18(14)16(11)24(21,22)13-8-6-12(7-9-13)17(19)20/h3-10H,1-2H3,(H,19,20). The highest BCUT2D eigenvalue weighted by Gasteiger charge is 2.28. The number of rotatable bonds is 4. The molecule has 1 N–H and O–H groups in total. The van der Waals surface area contributed by atoms with Crippen LogP contribution in [0.5, 0.6) is 5.75 Å². The van der Waals surface area contributed by atoms with Crippen LogP contribution >= 0.6 is 0 Å². The molecule has 3 aromatic rings. The van der Waals surface area contributed by atoms with E-state index in [1.54, 1.807) is 35.7 Å². The molecule has 124 valence electrons. The number of nitrogens with zero attached hydrogens (tertiary/aromatic N) is 1. The number of methoxy groups -OCH3 is 1. The summed E-state index contributed by atoms with van der Waals surface area (Å²) in [4.78, 5) is 11.0. The fourth-order valence-corrected chi connectivity index (χ4v) is 4.38. The van der Waals surface area contributed by atoms with Crippen molar-refractivity contribution in [2.75, 3.05) is 7.11 Å². The highest BCUT2D eigenvalue weighted by atomic mass is 32.2. The van der Waals surface area contributed by atoms with Crippen LogP contribution in [0.15, 0.2) is 58.6 Å². The Hall–Kier alpha value is -2.80. The first-order valence-corrected chi connectivity index (χ1v) is 8.58. The third-order valence-corrected chi connectivity index (χ3v) is 5.75. The molecule has 0 saturated carbocycles. The molecule has 0 saturated heterocycles. The Labute approximate surface area is 138 Å². The molecule has 0 spiro atoms. The minimum atomic E-state index is -3.84. The number of aromatic nitrogens is 1. The summed E-state index contributed by atoms with van der Waals surface area (Å²) in [7, 11) is -2.34. The van der Waals surface area contributed by atoms with Crippen molar-refractivity contribution in [3.05, 3.63) is 59.8 Å². The number of fused-ring (bicyclic) bond motifs is 1. The number of sulfone groups is 1. The van der Waals surface area contributed by atoms with Gasteiger partial charge in [-0.2, -0.15) is 0 Å². The van der Waals surface area contributed by atoms with E-state index in [1.807, 2.05) is 0 Å². The summed E-state index contributed by atoms with van der Waals surface area (Å²) >= 11 is 0. The van der Waals surface area contributed by atoms with Crippen molar-refractivity contribution in [2.45, 2.75) is 16.8 Å². The number of hydrogen-bond donors (Lipinski definition) is 1. The summed E-state index contributed by atoms with van der Waals surface area (Å²) in [5.74, 6) is -0.610. The molecule has 0 aliphatic rings. The van der Waals surface area contributed by atoms with E-state index in [2.05, 4.69) is 0 Å². The normalized spacial score (nSPS) is 11.6. The van der Waals surface area contributed by atoms with Crippen LogP contribution in [0.2, 0.25) is 0 Å². The number of carbonyl (C=O) groups is 1. The number of carboxylic acids is 1. The lowest BCUT2D eigenvalue weighted by atomic mass is 10.2. The molecular formula is C17H15NO5S. The van der Waals surface area contributed by atoms with Crippen LogP contribution in [0.4, 0.5) is 0 Å². The van der Waals surface area contributed by atoms with Gasteiger partial charge in [0.2, 0.25) is 9.84 Å². The maximum absolute atomic E-state index is 13.1. The van der Waals surface area contributed by atoms with Crippen molar-refractivity contribution < 1.29 is 23.1 Å². The number of ether oxygens (including phenoxy) is 1. The van der Waals surface area contributed by atoms with Crippen LogP contribution in [-0.4, -0.2) is 31.0 Å². The fourth-order valence-electron chi connectivity index (χ4n) is 2.75. The molecule has 2 heterocycles. The Kier molecular flexibility index (Phi) is 3.81. The van der Waals surface area contributed by atoms with E-state index in [9.17, 15) is 13.2 Å². The first-order chi connectivity index (χ1) is 11.4. The Morgan fingerprint density at radius 1 is 1.12 bits per heavy atom. The van der Waals surface area contributed by atoms with Crippen LogP contribution in [0.3, 0.4) is 0 Å². The average molecular weight is 345 g/mol. The zero-order valence-electron chi connectivity index (χ0n) is 13.1. The maximum Gasteiger partial charge on any atom is 0.335 e. The molecule has 24 heavy (non-hydrogen) atoms. The highest BCUT2D eigenvalue weighted by molar-refractivity contribution is 7.91. The Balaban J connectivity index is 2.26. The molecule has 0 unspecified atom stereocenters. The summed E-state index contributed by atoms with van der Waals surface area (Å²) in [6.45, 7) is 1.68. The number of aromatic carboxylic acids is 1. The van der Waals surface area contributed by atoms with E-state index in [-0.39, 0.29) is 15.5 Å². The second-order valence-electron chi connectivity index (χ2n) is 5.25. The van der Waals surface area contributed by atoms with Gasteiger partial charge in [0.15, 0.2) is 5.03 Å². The molecule has 0 fully saturated rings.